The second-order valence-electron chi connectivity index (χ2n) is 6.44. The third kappa shape index (κ3) is 4.58. The second kappa shape index (κ2) is 7.83. The van der Waals surface area contributed by atoms with E-state index in [0.717, 1.165) is 22.6 Å². The lowest BCUT2D eigenvalue weighted by atomic mass is 10.1. The minimum Gasteiger partial charge on any atom is -0.355 e. The Kier molecular flexibility index (Phi) is 5.31. The topological polar surface area (TPSA) is 71.1 Å². The van der Waals surface area contributed by atoms with Gasteiger partial charge in [-0.1, -0.05) is 18.2 Å². The van der Waals surface area contributed by atoms with Crippen LogP contribution < -0.4 is 10.6 Å². The number of Topliss-reactive ketones (excluding diaryl/α,β-unsaturated/α-hetero) is 1. The molecule has 0 fully saturated rings. The van der Waals surface area contributed by atoms with E-state index in [1.165, 1.54) is 12.5 Å². The highest BCUT2D eigenvalue weighted by atomic mass is 16.2. The maximum Gasteiger partial charge on any atom is 0.274 e. The Morgan fingerprint density at radius 1 is 0.852 bits per heavy atom. The van der Waals surface area contributed by atoms with Gasteiger partial charge >= 0.3 is 0 Å². The fourth-order valence-electron chi connectivity index (χ4n) is 2.63. The van der Waals surface area contributed by atoms with Gasteiger partial charge in [0.2, 0.25) is 0 Å². The van der Waals surface area contributed by atoms with E-state index in [9.17, 15) is 9.59 Å². The van der Waals surface area contributed by atoms with Crippen LogP contribution in [0.25, 0.3) is 0 Å². The van der Waals surface area contributed by atoms with Crippen LogP contribution in [-0.4, -0.2) is 16.7 Å². The van der Waals surface area contributed by atoms with E-state index in [1.54, 1.807) is 30.5 Å². The number of aryl methyl sites for hydroxylation is 2. The van der Waals surface area contributed by atoms with Gasteiger partial charge in [-0.15, -0.1) is 0 Å². The van der Waals surface area contributed by atoms with Gasteiger partial charge in [-0.25, -0.2) is 0 Å². The average Bonchev–Trinajstić information content (AvgIpc) is 2.65. The number of pyridine rings is 1. The Labute approximate surface area is 158 Å². The zero-order valence-electron chi connectivity index (χ0n) is 15.5. The number of hydrogen-bond acceptors (Lipinski definition) is 4. The fraction of sp³-hybridized carbons (Fsp3) is 0.136. The van der Waals surface area contributed by atoms with Gasteiger partial charge in [0.05, 0.1) is 0 Å². The van der Waals surface area contributed by atoms with E-state index >= 15 is 0 Å². The summed E-state index contributed by atoms with van der Waals surface area (Å²) >= 11 is 0. The molecular weight excluding hydrogens is 338 g/mol. The maximum absolute atomic E-state index is 12.5. The molecule has 27 heavy (non-hydrogen) atoms. The van der Waals surface area contributed by atoms with E-state index < -0.39 is 0 Å². The number of nitrogens with one attached hydrogen (secondary N) is 2. The highest BCUT2D eigenvalue weighted by Gasteiger charge is 2.10. The second-order valence-corrected chi connectivity index (χ2v) is 6.44. The first-order chi connectivity index (χ1) is 12.9. The number of ketones is 1. The van der Waals surface area contributed by atoms with Crippen molar-refractivity contribution in [2.75, 3.05) is 10.6 Å². The molecule has 1 aromatic heterocycles. The van der Waals surface area contributed by atoms with Gasteiger partial charge in [0.1, 0.15) is 5.69 Å². The van der Waals surface area contributed by atoms with E-state index in [-0.39, 0.29) is 11.7 Å². The van der Waals surface area contributed by atoms with Gasteiger partial charge in [0.15, 0.2) is 5.78 Å². The van der Waals surface area contributed by atoms with Crippen molar-refractivity contribution < 1.29 is 9.59 Å². The monoisotopic (exact) mass is 359 g/mol. The molecule has 1 heterocycles. The van der Waals surface area contributed by atoms with Crippen molar-refractivity contribution in [3.05, 3.63) is 83.2 Å². The number of carbonyl (C=O) groups excluding carboxylic acids is 2. The molecular formula is C22H21N3O2. The van der Waals surface area contributed by atoms with E-state index in [0.29, 0.717) is 11.3 Å². The molecule has 0 aliphatic rings. The zero-order valence-corrected chi connectivity index (χ0v) is 15.5. The molecule has 0 aliphatic heterocycles. The summed E-state index contributed by atoms with van der Waals surface area (Å²) in [4.78, 5) is 28.2. The maximum atomic E-state index is 12.5. The largest absolute Gasteiger partial charge is 0.355 e. The van der Waals surface area contributed by atoms with Gasteiger partial charge in [-0.05, 0) is 68.3 Å². The zero-order chi connectivity index (χ0) is 19.4. The molecule has 3 aromatic rings. The number of rotatable bonds is 5. The molecule has 2 aromatic carbocycles. The van der Waals surface area contributed by atoms with Crippen LogP contribution in [0, 0.1) is 13.8 Å². The number of nitrogens with zero attached hydrogens (tertiary/aromatic N) is 1. The summed E-state index contributed by atoms with van der Waals surface area (Å²) in [5, 5.41) is 6.07. The Hall–Kier alpha value is -3.47. The number of amides is 1. The number of hydrogen-bond donors (Lipinski definition) is 2. The molecule has 0 saturated carbocycles. The van der Waals surface area contributed by atoms with Crippen molar-refractivity contribution in [2.45, 2.75) is 20.8 Å². The van der Waals surface area contributed by atoms with Crippen molar-refractivity contribution in [1.29, 1.82) is 0 Å². The van der Waals surface area contributed by atoms with Crippen LogP contribution in [0.2, 0.25) is 0 Å². The molecule has 0 spiro atoms. The van der Waals surface area contributed by atoms with E-state index in [1.807, 2.05) is 44.2 Å². The quantitative estimate of drug-likeness (QED) is 0.636. The third-order valence-corrected chi connectivity index (χ3v) is 4.32. The minimum absolute atomic E-state index is 0.00170. The highest BCUT2D eigenvalue weighted by Crippen LogP contribution is 2.19. The predicted molar refractivity (Wildman–Crippen MR) is 108 cm³/mol. The van der Waals surface area contributed by atoms with Crippen LogP contribution in [0.4, 0.5) is 17.1 Å². The van der Waals surface area contributed by atoms with Gasteiger partial charge < -0.3 is 10.6 Å². The SMILES string of the molecule is CC(=O)c1cccc(Nc2ccnc(C(=O)Nc3ccc(C)c(C)c3)c2)c1. The number of anilines is 3. The third-order valence-electron chi connectivity index (χ3n) is 4.32. The molecule has 136 valence electrons. The summed E-state index contributed by atoms with van der Waals surface area (Å²) in [6.45, 7) is 5.56. The molecule has 5 nitrogen and oxygen atoms in total. The Morgan fingerprint density at radius 3 is 2.37 bits per heavy atom. The Bertz CT molecular complexity index is 1010. The molecule has 0 radical (unpaired) electrons. The summed E-state index contributed by atoms with van der Waals surface area (Å²) in [5.74, 6) is -0.277. The first-order valence-corrected chi connectivity index (χ1v) is 8.65. The summed E-state index contributed by atoms with van der Waals surface area (Å²) in [6.07, 6.45) is 1.58. The molecule has 3 rings (SSSR count). The van der Waals surface area contributed by atoms with Gasteiger partial charge in [-0.3, -0.25) is 14.6 Å². The van der Waals surface area contributed by atoms with Crippen LogP contribution in [-0.2, 0) is 0 Å². The lowest BCUT2D eigenvalue weighted by Crippen LogP contribution is -2.14. The Balaban J connectivity index is 1.76. The Morgan fingerprint density at radius 2 is 1.63 bits per heavy atom. The van der Waals surface area contributed by atoms with Crippen LogP contribution in [0.5, 0.6) is 0 Å². The predicted octanol–water partition coefficient (Wildman–Crippen LogP) is 4.90. The van der Waals surface area contributed by atoms with Crippen molar-refractivity contribution in [3.8, 4) is 0 Å². The average molecular weight is 359 g/mol. The summed E-state index contributed by atoms with van der Waals surface area (Å²) in [7, 11) is 0. The lowest BCUT2D eigenvalue weighted by Gasteiger charge is -2.10. The van der Waals surface area contributed by atoms with Crippen molar-refractivity contribution >= 4 is 28.8 Å². The minimum atomic E-state index is -0.278. The molecule has 1 amide bonds. The number of carbonyl (C=O) groups is 2. The molecule has 0 aliphatic carbocycles. The van der Waals surface area contributed by atoms with E-state index in [4.69, 9.17) is 0 Å². The number of benzene rings is 2. The molecule has 2 N–H and O–H groups in total. The molecule has 0 unspecified atom stereocenters. The first kappa shape index (κ1) is 18.3. The molecule has 0 atom stereocenters. The van der Waals surface area contributed by atoms with Crippen molar-refractivity contribution in [1.82, 2.24) is 4.98 Å². The summed E-state index contributed by atoms with van der Waals surface area (Å²) in [5.41, 5.74) is 5.44. The fourth-order valence-corrected chi connectivity index (χ4v) is 2.63. The summed E-state index contributed by atoms with van der Waals surface area (Å²) < 4.78 is 0. The van der Waals surface area contributed by atoms with Crippen LogP contribution in [0.15, 0.2) is 60.8 Å². The van der Waals surface area contributed by atoms with Gasteiger partial charge in [0, 0.05) is 28.8 Å². The van der Waals surface area contributed by atoms with Gasteiger partial charge in [0.25, 0.3) is 5.91 Å². The van der Waals surface area contributed by atoms with E-state index in [2.05, 4.69) is 15.6 Å². The highest BCUT2D eigenvalue weighted by molar-refractivity contribution is 6.03. The standard InChI is InChI=1S/C22H21N3O2/c1-14-7-8-19(11-15(14)2)25-22(27)21-13-20(9-10-23-21)24-18-6-4-5-17(12-18)16(3)26/h4-13H,1-3H3,(H,23,24)(H,25,27). The van der Waals surface area contributed by atoms with Crippen molar-refractivity contribution in [2.24, 2.45) is 0 Å². The van der Waals surface area contributed by atoms with Gasteiger partial charge in [-0.2, -0.15) is 0 Å². The molecule has 5 heteroatoms. The normalized spacial score (nSPS) is 10.3. The summed E-state index contributed by atoms with van der Waals surface area (Å²) in [6, 6.07) is 16.4. The number of aromatic nitrogens is 1. The lowest BCUT2D eigenvalue weighted by molar-refractivity contribution is 0.101. The molecule has 0 bridgehead atoms. The smallest absolute Gasteiger partial charge is 0.274 e. The molecule has 0 saturated heterocycles. The van der Waals surface area contributed by atoms with Crippen LogP contribution in [0.1, 0.15) is 38.9 Å². The first-order valence-electron chi connectivity index (χ1n) is 8.65. The van der Waals surface area contributed by atoms with Crippen molar-refractivity contribution in [3.63, 3.8) is 0 Å². The van der Waals surface area contributed by atoms with Crippen LogP contribution in [0.3, 0.4) is 0 Å². The van der Waals surface area contributed by atoms with Crippen LogP contribution >= 0.6 is 0 Å².